The molecule has 3 rings (SSSR count). The van der Waals surface area contributed by atoms with Crippen LogP contribution in [0.1, 0.15) is 44.6 Å². The predicted molar refractivity (Wildman–Crippen MR) is 90.0 cm³/mol. The average molecular weight is 315 g/mol. The monoisotopic (exact) mass is 315 g/mol. The summed E-state index contributed by atoms with van der Waals surface area (Å²) in [5, 5.41) is 5.56. The van der Waals surface area contributed by atoms with Crippen LogP contribution in [0, 0.1) is 0 Å². The molecule has 2 atom stereocenters. The lowest BCUT2D eigenvalue weighted by Crippen LogP contribution is -2.37. The van der Waals surface area contributed by atoms with Gasteiger partial charge < -0.3 is 10.6 Å². The smallest absolute Gasteiger partial charge is 0.246 e. The van der Waals surface area contributed by atoms with Gasteiger partial charge in [0.25, 0.3) is 0 Å². The zero-order valence-corrected chi connectivity index (χ0v) is 13.7. The number of anilines is 1. The van der Waals surface area contributed by atoms with E-state index in [1.807, 2.05) is 12.1 Å². The fraction of sp³-hybridized carbons (Fsp3) is 0.556. The summed E-state index contributed by atoms with van der Waals surface area (Å²) in [4.78, 5) is 25.8. The van der Waals surface area contributed by atoms with Crippen molar-refractivity contribution in [1.82, 2.24) is 10.2 Å². The first-order chi connectivity index (χ1) is 11.1. The minimum absolute atomic E-state index is 0.0452. The van der Waals surface area contributed by atoms with E-state index in [2.05, 4.69) is 34.6 Å². The van der Waals surface area contributed by atoms with Crippen LogP contribution in [0.3, 0.4) is 0 Å². The molecule has 1 aromatic carbocycles. The molecule has 0 bridgehead atoms. The summed E-state index contributed by atoms with van der Waals surface area (Å²) in [6, 6.07) is 8.29. The SMILES string of the molecule is C[C@@H]1CCCCN1Cc1ccc(NC(=O)[C@@H]2CCC(=O)N2)cc1. The molecule has 0 saturated carbocycles. The number of carbonyl (C=O) groups excluding carboxylic acids is 2. The van der Waals surface area contributed by atoms with Crippen molar-refractivity contribution in [3.05, 3.63) is 29.8 Å². The molecule has 5 heteroatoms. The number of hydrogen-bond donors (Lipinski definition) is 2. The molecule has 2 aliphatic heterocycles. The zero-order chi connectivity index (χ0) is 16.2. The van der Waals surface area contributed by atoms with Crippen molar-refractivity contribution < 1.29 is 9.59 Å². The highest BCUT2D eigenvalue weighted by Gasteiger charge is 2.27. The van der Waals surface area contributed by atoms with E-state index >= 15 is 0 Å². The number of likely N-dealkylation sites (tertiary alicyclic amines) is 1. The maximum atomic E-state index is 12.1. The molecular weight excluding hydrogens is 290 g/mol. The van der Waals surface area contributed by atoms with Gasteiger partial charge in [0.1, 0.15) is 6.04 Å². The fourth-order valence-corrected chi connectivity index (χ4v) is 3.36. The van der Waals surface area contributed by atoms with Gasteiger partial charge in [-0.3, -0.25) is 14.5 Å². The fourth-order valence-electron chi connectivity index (χ4n) is 3.36. The summed E-state index contributed by atoms with van der Waals surface area (Å²) < 4.78 is 0. The second-order valence-electron chi connectivity index (χ2n) is 6.66. The van der Waals surface area contributed by atoms with Crippen LogP contribution in [0.25, 0.3) is 0 Å². The van der Waals surface area contributed by atoms with Gasteiger partial charge in [0.2, 0.25) is 11.8 Å². The first-order valence-electron chi connectivity index (χ1n) is 8.55. The van der Waals surface area contributed by atoms with Crippen molar-refractivity contribution in [2.24, 2.45) is 0 Å². The number of piperidine rings is 1. The molecule has 0 spiro atoms. The van der Waals surface area contributed by atoms with Crippen molar-refractivity contribution in [2.45, 2.75) is 57.7 Å². The van der Waals surface area contributed by atoms with Crippen LogP contribution in [-0.2, 0) is 16.1 Å². The molecule has 0 unspecified atom stereocenters. The van der Waals surface area contributed by atoms with Crippen molar-refractivity contribution in [3.63, 3.8) is 0 Å². The largest absolute Gasteiger partial charge is 0.344 e. The van der Waals surface area contributed by atoms with E-state index in [4.69, 9.17) is 0 Å². The van der Waals surface area contributed by atoms with Crippen LogP contribution in [0.4, 0.5) is 5.69 Å². The molecule has 23 heavy (non-hydrogen) atoms. The van der Waals surface area contributed by atoms with Crippen molar-refractivity contribution >= 4 is 17.5 Å². The van der Waals surface area contributed by atoms with Gasteiger partial charge >= 0.3 is 0 Å². The van der Waals surface area contributed by atoms with E-state index in [0.717, 1.165) is 12.2 Å². The third-order valence-electron chi connectivity index (χ3n) is 4.86. The van der Waals surface area contributed by atoms with E-state index in [-0.39, 0.29) is 11.8 Å². The molecule has 5 nitrogen and oxygen atoms in total. The Kier molecular flexibility index (Phi) is 4.96. The minimum Gasteiger partial charge on any atom is -0.344 e. The van der Waals surface area contributed by atoms with Crippen LogP contribution in [0.15, 0.2) is 24.3 Å². The van der Waals surface area contributed by atoms with Crippen molar-refractivity contribution in [1.29, 1.82) is 0 Å². The Morgan fingerprint density at radius 3 is 2.70 bits per heavy atom. The third kappa shape index (κ3) is 4.10. The van der Waals surface area contributed by atoms with Crippen molar-refractivity contribution in [2.75, 3.05) is 11.9 Å². The van der Waals surface area contributed by atoms with Gasteiger partial charge in [0.05, 0.1) is 0 Å². The van der Waals surface area contributed by atoms with E-state index in [1.54, 1.807) is 0 Å². The number of nitrogens with zero attached hydrogens (tertiary/aromatic N) is 1. The van der Waals surface area contributed by atoms with Gasteiger partial charge in [-0.1, -0.05) is 18.6 Å². The number of amides is 2. The number of hydrogen-bond acceptors (Lipinski definition) is 3. The minimum atomic E-state index is -0.392. The van der Waals surface area contributed by atoms with E-state index in [9.17, 15) is 9.59 Å². The topological polar surface area (TPSA) is 61.4 Å². The normalized spacial score (nSPS) is 25.2. The Labute approximate surface area is 137 Å². The summed E-state index contributed by atoms with van der Waals surface area (Å²) in [6.45, 7) is 4.43. The molecule has 0 radical (unpaired) electrons. The maximum Gasteiger partial charge on any atom is 0.246 e. The number of carbonyl (C=O) groups is 2. The highest BCUT2D eigenvalue weighted by molar-refractivity contribution is 5.98. The molecule has 124 valence electrons. The van der Waals surface area contributed by atoms with Crippen LogP contribution in [0.2, 0.25) is 0 Å². The summed E-state index contributed by atoms with van der Waals surface area (Å²) >= 11 is 0. The van der Waals surface area contributed by atoms with Gasteiger partial charge in [-0.25, -0.2) is 0 Å². The lowest BCUT2D eigenvalue weighted by molar-refractivity contribution is -0.122. The Balaban J connectivity index is 1.54. The van der Waals surface area contributed by atoms with Gasteiger partial charge in [-0.15, -0.1) is 0 Å². The van der Waals surface area contributed by atoms with Gasteiger partial charge in [0.15, 0.2) is 0 Å². The molecule has 2 saturated heterocycles. The predicted octanol–water partition coefficient (Wildman–Crippen LogP) is 2.28. The van der Waals surface area contributed by atoms with Crippen LogP contribution >= 0.6 is 0 Å². The van der Waals surface area contributed by atoms with E-state index in [0.29, 0.717) is 18.9 Å². The molecule has 2 fully saturated rings. The summed E-state index contributed by atoms with van der Waals surface area (Å²) in [7, 11) is 0. The second-order valence-corrected chi connectivity index (χ2v) is 6.66. The molecule has 0 aromatic heterocycles. The Morgan fingerprint density at radius 1 is 1.26 bits per heavy atom. The lowest BCUT2D eigenvalue weighted by Gasteiger charge is -2.33. The highest BCUT2D eigenvalue weighted by Crippen LogP contribution is 2.20. The molecule has 2 amide bonds. The first-order valence-corrected chi connectivity index (χ1v) is 8.55. The molecule has 1 aromatic rings. The first kappa shape index (κ1) is 16.0. The lowest BCUT2D eigenvalue weighted by atomic mass is 10.0. The Morgan fingerprint density at radius 2 is 2.04 bits per heavy atom. The standard InChI is InChI=1S/C18H25N3O2/c1-13-4-2-3-11-21(13)12-14-5-7-15(8-6-14)19-18(23)16-9-10-17(22)20-16/h5-8,13,16H,2-4,9-12H2,1H3,(H,19,23)(H,20,22)/t13-,16+/m1/s1. The second kappa shape index (κ2) is 7.13. The van der Waals surface area contributed by atoms with E-state index < -0.39 is 6.04 Å². The number of benzene rings is 1. The Bertz CT molecular complexity index is 570. The quantitative estimate of drug-likeness (QED) is 0.896. The Hall–Kier alpha value is -1.88. The third-order valence-corrected chi connectivity index (χ3v) is 4.86. The molecule has 2 heterocycles. The molecule has 0 aliphatic carbocycles. The van der Waals surface area contributed by atoms with Crippen LogP contribution in [-0.4, -0.2) is 35.3 Å². The molecule has 2 N–H and O–H groups in total. The summed E-state index contributed by atoms with van der Waals surface area (Å²) in [6.07, 6.45) is 4.91. The van der Waals surface area contributed by atoms with Gasteiger partial charge in [-0.2, -0.15) is 0 Å². The van der Waals surface area contributed by atoms with Crippen molar-refractivity contribution in [3.8, 4) is 0 Å². The highest BCUT2D eigenvalue weighted by atomic mass is 16.2. The number of nitrogens with one attached hydrogen (secondary N) is 2. The number of rotatable bonds is 4. The van der Waals surface area contributed by atoms with Crippen LogP contribution < -0.4 is 10.6 Å². The van der Waals surface area contributed by atoms with E-state index in [1.165, 1.54) is 31.4 Å². The summed E-state index contributed by atoms with van der Waals surface area (Å²) in [5.41, 5.74) is 2.05. The molecule has 2 aliphatic rings. The maximum absolute atomic E-state index is 12.1. The van der Waals surface area contributed by atoms with Gasteiger partial charge in [-0.05, 0) is 50.4 Å². The average Bonchev–Trinajstić information content (AvgIpc) is 2.98. The molecular formula is C18H25N3O2. The van der Waals surface area contributed by atoms with Gasteiger partial charge in [0, 0.05) is 24.7 Å². The van der Waals surface area contributed by atoms with Crippen LogP contribution in [0.5, 0.6) is 0 Å². The zero-order valence-electron chi connectivity index (χ0n) is 13.7. The summed E-state index contributed by atoms with van der Waals surface area (Å²) in [5.74, 6) is -0.176.